The Morgan fingerprint density at radius 1 is 1.40 bits per heavy atom. The van der Waals surface area contributed by atoms with Gasteiger partial charge in [0.1, 0.15) is 5.57 Å². The van der Waals surface area contributed by atoms with Crippen LogP contribution in [0, 0.1) is 0 Å². The molecule has 1 N–H and O–H groups in total. The van der Waals surface area contributed by atoms with E-state index in [1.165, 1.54) is 4.90 Å². The molecule has 1 heterocycles. The van der Waals surface area contributed by atoms with Gasteiger partial charge in [0.25, 0.3) is 5.91 Å². The summed E-state index contributed by atoms with van der Waals surface area (Å²) in [6, 6.07) is 9.23. The molecule has 0 saturated heterocycles. The molecule has 1 aromatic rings. The molecule has 5 nitrogen and oxygen atoms in total. The van der Waals surface area contributed by atoms with Crippen molar-refractivity contribution in [3.63, 3.8) is 0 Å². The maximum atomic E-state index is 12.0. The van der Waals surface area contributed by atoms with Crippen molar-refractivity contribution >= 4 is 11.9 Å². The molecule has 1 atom stereocenters. The van der Waals surface area contributed by atoms with E-state index < -0.39 is 17.6 Å². The molecule has 106 valence electrons. The second-order valence-electron chi connectivity index (χ2n) is 4.57. The molecule has 1 aliphatic rings. The zero-order valence-corrected chi connectivity index (χ0v) is 11.5. The van der Waals surface area contributed by atoms with Gasteiger partial charge in [0.15, 0.2) is 5.76 Å². The van der Waals surface area contributed by atoms with Crippen molar-refractivity contribution in [3.8, 4) is 0 Å². The maximum absolute atomic E-state index is 12.0. The molecule has 2 rings (SSSR count). The fraction of sp³-hybridized carbons (Fsp3) is 0.333. The molecular formula is C15H17NO4. The molecule has 0 radical (unpaired) electrons. The molecule has 0 fully saturated rings. The number of hydrogen-bond donors (Lipinski definition) is 1. The van der Waals surface area contributed by atoms with Crippen LogP contribution in [-0.4, -0.2) is 35.0 Å². The number of ether oxygens (including phenoxy) is 1. The van der Waals surface area contributed by atoms with Crippen LogP contribution in [0.25, 0.3) is 0 Å². The van der Waals surface area contributed by atoms with Crippen molar-refractivity contribution in [2.75, 3.05) is 13.2 Å². The lowest BCUT2D eigenvalue weighted by Crippen LogP contribution is -2.30. The lowest BCUT2D eigenvalue weighted by atomic mass is 10.1. The standard InChI is InChI=1S/C15H17NO4/c1-3-20-15(19)12-9-16(14(18)13(12)17)10(2)11-7-5-4-6-8-11/h4-8,10,17H,3,9H2,1-2H3/t10-/m1/s1. The molecule has 1 aromatic carbocycles. The Bertz CT molecular complexity index is 550. The summed E-state index contributed by atoms with van der Waals surface area (Å²) < 4.78 is 4.84. The van der Waals surface area contributed by atoms with Crippen LogP contribution in [-0.2, 0) is 14.3 Å². The summed E-state index contributed by atoms with van der Waals surface area (Å²) in [6.07, 6.45) is 0. The van der Waals surface area contributed by atoms with E-state index in [1.54, 1.807) is 6.92 Å². The number of nitrogens with zero attached hydrogens (tertiary/aromatic N) is 1. The number of amides is 1. The number of carbonyl (C=O) groups excluding carboxylic acids is 2. The van der Waals surface area contributed by atoms with Crippen LogP contribution in [0.2, 0.25) is 0 Å². The third kappa shape index (κ3) is 2.52. The number of aliphatic hydroxyl groups is 1. The fourth-order valence-corrected chi connectivity index (χ4v) is 2.19. The molecule has 0 unspecified atom stereocenters. The van der Waals surface area contributed by atoms with Crippen molar-refractivity contribution in [1.29, 1.82) is 0 Å². The van der Waals surface area contributed by atoms with Crippen molar-refractivity contribution < 1.29 is 19.4 Å². The average Bonchev–Trinajstić information content (AvgIpc) is 2.76. The number of benzene rings is 1. The van der Waals surface area contributed by atoms with Gasteiger partial charge in [-0.3, -0.25) is 4.79 Å². The first-order chi connectivity index (χ1) is 9.56. The lowest BCUT2D eigenvalue weighted by molar-refractivity contribution is -0.138. The van der Waals surface area contributed by atoms with Crippen LogP contribution in [0.5, 0.6) is 0 Å². The second kappa shape index (κ2) is 5.77. The Kier molecular flexibility index (Phi) is 4.08. The van der Waals surface area contributed by atoms with Crippen molar-refractivity contribution in [2.24, 2.45) is 0 Å². The van der Waals surface area contributed by atoms with Crippen LogP contribution in [0.15, 0.2) is 41.7 Å². The molecule has 1 amide bonds. The number of esters is 1. The quantitative estimate of drug-likeness (QED) is 0.853. The van der Waals surface area contributed by atoms with E-state index in [4.69, 9.17) is 4.74 Å². The van der Waals surface area contributed by atoms with Crippen molar-refractivity contribution in [3.05, 3.63) is 47.2 Å². The van der Waals surface area contributed by atoms with Crippen LogP contribution < -0.4 is 0 Å². The predicted octanol–water partition coefficient (Wildman–Crippen LogP) is 1.97. The van der Waals surface area contributed by atoms with E-state index in [2.05, 4.69) is 0 Å². The average molecular weight is 275 g/mol. The summed E-state index contributed by atoms with van der Waals surface area (Å²) in [5.74, 6) is -1.68. The summed E-state index contributed by atoms with van der Waals surface area (Å²) in [4.78, 5) is 25.2. The minimum absolute atomic E-state index is 0.0274. The van der Waals surface area contributed by atoms with Crippen LogP contribution >= 0.6 is 0 Å². The zero-order chi connectivity index (χ0) is 14.7. The normalized spacial score (nSPS) is 16.5. The minimum Gasteiger partial charge on any atom is -0.503 e. The van der Waals surface area contributed by atoms with Gasteiger partial charge in [-0.05, 0) is 19.4 Å². The van der Waals surface area contributed by atoms with Gasteiger partial charge >= 0.3 is 5.97 Å². The lowest BCUT2D eigenvalue weighted by Gasteiger charge is -2.24. The molecule has 20 heavy (non-hydrogen) atoms. The van der Waals surface area contributed by atoms with Gasteiger partial charge in [0, 0.05) is 0 Å². The summed E-state index contributed by atoms with van der Waals surface area (Å²) in [5.41, 5.74) is 0.971. The van der Waals surface area contributed by atoms with Gasteiger partial charge in [-0.15, -0.1) is 0 Å². The van der Waals surface area contributed by atoms with E-state index >= 15 is 0 Å². The van der Waals surface area contributed by atoms with Gasteiger partial charge < -0.3 is 14.7 Å². The monoisotopic (exact) mass is 275 g/mol. The summed E-state index contributed by atoms with van der Waals surface area (Å²) >= 11 is 0. The molecule has 0 bridgehead atoms. The summed E-state index contributed by atoms with van der Waals surface area (Å²) in [7, 11) is 0. The Morgan fingerprint density at radius 2 is 2.05 bits per heavy atom. The zero-order valence-electron chi connectivity index (χ0n) is 11.5. The predicted molar refractivity (Wildman–Crippen MR) is 72.9 cm³/mol. The van der Waals surface area contributed by atoms with Gasteiger partial charge in [-0.2, -0.15) is 0 Å². The van der Waals surface area contributed by atoms with Gasteiger partial charge in [-0.25, -0.2) is 4.79 Å². The third-order valence-electron chi connectivity index (χ3n) is 3.35. The largest absolute Gasteiger partial charge is 0.503 e. The highest BCUT2D eigenvalue weighted by atomic mass is 16.5. The van der Waals surface area contributed by atoms with Crippen molar-refractivity contribution in [1.82, 2.24) is 4.90 Å². The highest BCUT2D eigenvalue weighted by Gasteiger charge is 2.37. The molecule has 0 spiro atoms. The first-order valence-electron chi connectivity index (χ1n) is 6.51. The molecule has 5 heteroatoms. The molecule has 0 saturated carbocycles. The van der Waals surface area contributed by atoms with Crippen molar-refractivity contribution in [2.45, 2.75) is 19.9 Å². The summed E-state index contributed by atoms with van der Waals surface area (Å²) in [6.45, 7) is 3.81. The Morgan fingerprint density at radius 3 is 2.65 bits per heavy atom. The van der Waals surface area contributed by atoms with Gasteiger partial charge in [-0.1, -0.05) is 30.3 Å². The first kappa shape index (κ1) is 14.1. The smallest absolute Gasteiger partial charge is 0.339 e. The van der Waals surface area contributed by atoms with E-state index in [0.29, 0.717) is 0 Å². The second-order valence-corrected chi connectivity index (χ2v) is 4.57. The number of rotatable bonds is 4. The van der Waals surface area contributed by atoms with Crippen LogP contribution in [0.1, 0.15) is 25.5 Å². The topological polar surface area (TPSA) is 66.8 Å². The third-order valence-corrected chi connectivity index (χ3v) is 3.35. The molecule has 0 aliphatic carbocycles. The maximum Gasteiger partial charge on any atom is 0.339 e. The summed E-state index contributed by atoms with van der Waals surface area (Å²) in [5, 5.41) is 9.81. The first-order valence-corrected chi connectivity index (χ1v) is 6.51. The number of carbonyl (C=O) groups is 2. The Balaban J connectivity index is 2.18. The highest BCUT2D eigenvalue weighted by Crippen LogP contribution is 2.28. The van der Waals surface area contributed by atoms with Crippen LogP contribution in [0.4, 0.5) is 0 Å². The fourth-order valence-electron chi connectivity index (χ4n) is 2.19. The van der Waals surface area contributed by atoms with Crippen LogP contribution in [0.3, 0.4) is 0 Å². The van der Waals surface area contributed by atoms with E-state index in [9.17, 15) is 14.7 Å². The van der Waals surface area contributed by atoms with E-state index in [0.717, 1.165) is 5.56 Å². The number of hydrogen-bond acceptors (Lipinski definition) is 4. The SMILES string of the molecule is CCOC(=O)C1=C(O)C(=O)N([C@H](C)c2ccccc2)C1. The number of aliphatic hydroxyl groups excluding tert-OH is 1. The molecule has 0 aromatic heterocycles. The van der Waals surface area contributed by atoms with E-state index in [1.807, 2.05) is 37.3 Å². The molecular weight excluding hydrogens is 258 g/mol. The Hall–Kier alpha value is -2.30. The van der Waals surface area contributed by atoms with E-state index in [-0.39, 0.29) is 24.8 Å². The van der Waals surface area contributed by atoms with Gasteiger partial charge in [0.2, 0.25) is 0 Å². The highest BCUT2D eigenvalue weighted by molar-refractivity contribution is 6.05. The Labute approximate surface area is 117 Å². The van der Waals surface area contributed by atoms with Gasteiger partial charge in [0.05, 0.1) is 19.2 Å². The molecule has 1 aliphatic heterocycles. The minimum atomic E-state index is -0.638.